The summed E-state index contributed by atoms with van der Waals surface area (Å²) in [6, 6.07) is 10.7. The van der Waals surface area contributed by atoms with Gasteiger partial charge in [0.15, 0.2) is 0 Å². The molecular formula is C20H23ClN4O2. The van der Waals surface area contributed by atoms with E-state index in [-0.39, 0.29) is 11.8 Å². The average molecular weight is 387 g/mol. The number of pyridine rings is 1. The SMILES string of the molecule is O=C(CCN1CCCN(C(=O)c2ccncc2)CC1)Nc1ccccc1Cl. The van der Waals surface area contributed by atoms with E-state index in [9.17, 15) is 9.59 Å². The van der Waals surface area contributed by atoms with Gasteiger partial charge in [0.1, 0.15) is 0 Å². The first kappa shape index (κ1) is 19.3. The molecule has 2 amide bonds. The van der Waals surface area contributed by atoms with Crippen LogP contribution >= 0.6 is 11.6 Å². The Morgan fingerprint density at radius 1 is 1.04 bits per heavy atom. The van der Waals surface area contributed by atoms with Crippen molar-refractivity contribution in [1.82, 2.24) is 14.8 Å². The highest BCUT2D eigenvalue weighted by Gasteiger charge is 2.20. The van der Waals surface area contributed by atoms with Gasteiger partial charge in [-0.1, -0.05) is 23.7 Å². The summed E-state index contributed by atoms with van der Waals surface area (Å²) >= 11 is 6.07. The Morgan fingerprint density at radius 2 is 1.81 bits per heavy atom. The van der Waals surface area contributed by atoms with Crippen LogP contribution in [0.4, 0.5) is 5.69 Å². The van der Waals surface area contributed by atoms with E-state index in [0.29, 0.717) is 35.8 Å². The fourth-order valence-corrected chi connectivity index (χ4v) is 3.29. The lowest BCUT2D eigenvalue weighted by Gasteiger charge is -2.22. The summed E-state index contributed by atoms with van der Waals surface area (Å²) in [6.07, 6.45) is 4.55. The van der Waals surface area contributed by atoms with Crippen molar-refractivity contribution >= 4 is 29.1 Å². The minimum absolute atomic E-state index is 0.0377. The third kappa shape index (κ3) is 5.52. The highest BCUT2D eigenvalue weighted by molar-refractivity contribution is 6.33. The Bertz CT molecular complexity index is 785. The maximum absolute atomic E-state index is 12.6. The number of carbonyl (C=O) groups is 2. The average Bonchev–Trinajstić information content (AvgIpc) is 2.94. The number of carbonyl (C=O) groups excluding carboxylic acids is 2. The second-order valence-corrected chi connectivity index (χ2v) is 6.91. The highest BCUT2D eigenvalue weighted by Crippen LogP contribution is 2.20. The molecule has 0 aliphatic carbocycles. The van der Waals surface area contributed by atoms with Crippen molar-refractivity contribution in [2.24, 2.45) is 0 Å². The Hall–Kier alpha value is -2.44. The number of hydrogen-bond acceptors (Lipinski definition) is 4. The van der Waals surface area contributed by atoms with E-state index in [0.717, 1.165) is 26.1 Å². The predicted molar refractivity (Wildman–Crippen MR) is 106 cm³/mol. The molecule has 1 aliphatic rings. The molecule has 3 rings (SSSR count). The number of halogens is 1. The maximum Gasteiger partial charge on any atom is 0.254 e. The van der Waals surface area contributed by atoms with Crippen molar-refractivity contribution < 1.29 is 9.59 Å². The number of para-hydroxylation sites is 1. The number of rotatable bonds is 5. The van der Waals surface area contributed by atoms with Gasteiger partial charge >= 0.3 is 0 Å². The van der Waals surface area contributed by atoms with Crippen LogP contribution in [-0.2, 0) is 4.79 Å². The molecule has 0 radical (unpaired) electrons. The van der Waals surface area contributed by atoms with Gasteiger partial charge in [-0.25, -0.2) is 0 Å². The van der Waals surface area contributed by atoms with Gasteiger partial charge in [0.05, 0.1) is 10.7 Å². The summed E-state index contributed by atoms with van der Waals surface area (Å²) in [4.78, 5) is 32.8. The zero-order valence-electron chi connectivity index (χ0n) is 15.1. The van der Waals surface area contributed by atoms with E-state index in [1.807, 2.05) is 17.0 Å². The van der Waals surface area contributed by atoms with Crippen LogP contribution < -0.4 is 5.32 Å². The van der Waals surface area contributed by atoms with Gasteiger partial charge in [-0.3, -0.25) is 14.6 Å². The van der Waals surface area contributed by atoms with Crippen molar-refractivity contribution in [3.63, 3.8) is 0 Å². The van der Waals surface area contributed by atoms with E-state index in [1.54, 1.807) is 36.7 Å². The smallest absolute Gasteiger partial charge is 0.254 e. The van der Waals surface area contributed by atoms with Gasteiger partial charge in [0, 0.05) is 50.6 Å². The van der Waals surface area contributed by atoms with Crippen LogP contribution in [0.3, 0.4) is 0 Å². The third-order valence-electron chi connectivity index (χ3n) is 4.61. The molecule has 0 spiro atoms. The van der Waals surface area contributed by atoms with Gasteiger partial charge in [-0.2, -0.15) is 0 Å². The third-order valence-corrected chi connectivity index (χ3v) is 4.94. The fraction of sp³-hybridized carbons (Fsp3) is 0.350. The summed E-state index contributed by atoms with van der Waals surface area (Å²) in [6.45, 7) is 3.68. The monoisotopic (exact) mass is 386 g/mol. The topological polar surface area (TPSA) is 65.5 Å². The van der Waals surface area contributed by atoms with Gasteiger partial charge in [0.2, 0.25) is 5.91 Å². The van der Waals surface area contributed by atoms with E-state index >= 15 is 0 Å². The summed E-state index contributed by atoms with van der Waals surface area (Å²) in [5.74, 6) is -0.0206. The molecule has 6 nitrogen and oxygen atoms in total. The first-order valence-electron chi connectivity index (χ1n) is 9.09. The van der Waals surface area contributed by atoms with Gasteiger partial charge in [-0.15, -0.1) is 0 Å². The molecule has 7 heteroatoms. The first-order valence-corrected chi connectivity index (χ1v) is 9.47. The molecule has 0 saturated carbocycles. The Morgan fingerprint density at radius 3 is 2.59 bits per heavy atom. The van der Waals surface area contributed by atoms with Crippen LogP contribution in [0.25, 0.3) is 0 Å². The number of nitrogens with zero attached hydrogens (tertiary/aromatic N) is 3. The Balaban J connectivity index is 1.46. The minimum Gasteiger partial charge on any atom is -0.337 e. The van der Waals surface area contributed by atoms with Crippen LogP contribution in [0.2, 0.25) is 5.02 Å². The second-order valence-electron chi connectivity index (χ2n) is 6.50. The number of nitrogens with one attached hydrogen (secondary N) is 1. The molecule has 142 valence electrons. The number of anilines is 1. The van der Waals surface area contributed by atoms with E-state index in [4.69, 9.17) is 11.6 Å². The summed E-state index contributed by atoms with van der Waals surface area (Å²) < 4.78 is 0. The molecule has 1 saturated heterocycles. The van der Waals surface area contributed by atoms with Gasteiger partial charge < -0.3 is 15.1 Å². The molecule has 0 unspecified atom stereocenters. The molecular weight excluding hydrogens is 364 g/mol. The maximum atomic E-state index is 12.6. The zero-order chi connectivity index (χ0) is 19.1. The van der Waals surface area contributed by atoms with E-state index < -0.39 is 0 Å². The van der Waals surface area contributed by atoms with E-state index in [1.165, 1.54) is 0 Å². The summed E-state index contributed by atoms with van der Waals surface area (Å²) in [5, 5.41) is 3.38. The Kier molecular flexibility index (Phi) is 6.79. The lowest BCUT2D eigenvalue weighted by atomic mass is 10.2. The summed E-state index contributed by atoms with van der Waals surface area (Å²) in [5.41, 5.74) is 1.30. The second kappa shape index (κ2) is 9.48. The molecule has 2 heterocycles. The van der Waals surface area contributed by atoms with Crippen molar-refractivity contribution in [1.29, 1.82) is 0 Å². The molecule has 2 aromatic rings. The molecule has 27 heavy (non-hydrogen) atoms. The molecule has 1 fully saturated rings. The van der Waals surface area contributed by atoms with E-state index in [2.05, 4.69) is 15.2 Å². The number of benzene rings is 1. The number of aromatic nitrogens is 1. The van der Waals surface area contributed by atoms with Crippen molar-refractivity contribution in [2.45, 2.75) is 12.8 Å². The van der Waals surface area contributed by atoms with Crippen molar-refractivity contribution in [3.05, 3.63) is 59.4 Å². The molecule has 1 N–H and O–H groups in total. The fourth-order valence-electron chi connectivity index (χ4n) is 3.11. The quantitative estimate of drug-likeness (QED) is 0.858. The molecule has 1 aliphatic heterocycles. The van der Waals surface area contributed by atoms with Gasteiger partial charge in [-0.05, 0) is 37.2 Å². The lowest BCUT2D eigenvalue weighted by molar-refractivity contribution is -0.116. The van der Waals surface area contributed by atoms with Crippen LogP contribution in [0, 0.1) is 0 Å². The van der Waals surface area contributed by atoms with Crippen LogP contribution in [0.1, 0.15) is 23.2 Å². The normalized spacial score (nSPS) is 15.2. The van der Waals surface area contributed by atoms with Crippen molar-refractivity contribution in [3.8, 4) is 0 Å². The van der Waals surface area contributed by atoms with Crippen LogP contribution in [0.5, 0.6) is 0 Å². The molecule has 1 aromatic heterocycles. The lowest BCUT2D eigenvalue weighted by Crippen LogP contribution is -2.36. The highest BCUT2D eigenvalue weighted by atomic mass is 35.5. The first-order chi connectivity index (χ1) is 13.1. The van der Waals surface area contributed by atoms with Crippen LogP contribution in [0.15, 0.2) is 48.8 Å². The summed E-state index contributed by atoms with van der Waals surface area (Å²) in [7, 11) is 0. The molecule has 0 bridgehead atoms. The zero-order valence-corrected chi connectivity index (χ0v) is 15.9. The molecule has 1 aromatic carbocycles. The largest absolute Gasteiger partial charge is 0.337 e. The van der Waals surface area contributed by atoms with Crippen LogP contribution in [-0.4, -0.2) is 59.3 Å². The minimum atomic E-state index is -0.0583. The van der Waals surface area contributed by atoms with Crippen molar-refractivity contribution in [2.75, 3.05) is 38.0 Å². The van der Waals surface area contributed by atoms with Gasteiger partial charge in [0.25, 0.3) is 5.91 Å². The molecule has 0 atom stereocenters. The Labute approximate surface area is 164 Å². The number of amides is 2. The predicted octanol–water partition coefficient (Wildman–Crippen LogP) is 2.91. The standard InChI is InChI=1S/C20H23ClN4O2/c21-17-4-1-2-5-18(17)23-19(26)8-13-24-11-3-12-25(15-14-24)20(27)16-6-9-22-10-7-16/h1-2,4-7,9-10H,3,8,11-15H2,(H,23,26). The number of hydrogen-bond donors (Lipinski definition) is 1.